The fourth-order valence-corrected chi connectivity index (χ4v) is 10.0. The summed E-state index contributed by atoms with van der Waals surface area (Å²) in [5.41, 5.74) is 9.61. The van der Waals surface area contributed by atoms with Crippen LogP contribution in [0.15, 0.2) is 151 Å². The maximum absolute atomic E-state index is 14.3. The van der Waals surface area contributed by atoms with Gasteiger partial charge in [-0.05, 0) is 87.0 Å². The van der Waals surface area contributed by atoms with Crippen molar-refractivity contribution in [2.45, 2.75) is 76.4 Å². The molecule has 2 aliphatic carbocycles. The van der Waals surface area contributed by atoms with E-state index < -0.39 is 5.54 Å². The molecule has 8 aromatic rings. The van der Waals surface area contributed by atoms with Crippen molar-refractivity contribution in [2.24, 2.45) is 5.92 Å². The molecule has 0 N–H and O–H groups in total. The lowest BCUT2D eigenvalue weighted by Gasteiger charge is -2.36. The molecule has 0 spiro atoms. The first-order valence-corrected chi connectivity index (χ1v) is 20.9. The number of tetrazole rings is 1. The molecule has 1 saturated carbocycles. The Morgan fingerprint density at radius 3 is 2.00 bits per heavy atom. The second-order valence-corrected chi connectivity index (χ2v) is 16.0. The van der Waals surface area contributed by atoms with Gasteiger partial charge < -0.3 is 9.13 Å². The molecule has 0 bridgehead atoms. The molecule has 0 radical (unpaired) electrons. The normalized spacial score (nSPS) is 15.8. The van der Waals surface area contributed by atoms with Crippen molar-refractivity contribution in [3.05, 3.63) is 190 Å². The zero-order valence-electron chi connectivity index (χ0n) is 32.9. The first kappa shape index (κ1) is 36.0. The third kappa shape index (κ3) is 6.01. The van der Waals surface area contributed by atoms with Gasteiger partial charge >= 0.3 is 0 Å². The molecule has 0 amide bonds. The van der Waals surface area contributed by atoms with Crippen LogP contribution in [-0.4, -0.2) is 34.3 Å². The summed E-state index contributed by atoms with van der Waals surface area (Å²) < 4.78 is 6.24. The Labute approximate surface area is 338 Å². The SMILES string of the molecule is CCc1nc2ccn(CC3CCCCC3)c(=O)c2n1[C@H]1CCc2cc(-c3ccccc3-c3nnnn3C(c3ccccc3)(c3ccccc3)c3ccccc3)ccc21. The minimum absolute atomic E-state index is 0.0491. The van der Waals surface area contributed by atoms with Crippen LogP contribution in [0, 0.1) is 5.92 Å². The molecule has 0 saturated heterocycles. The van der Waals surface area contributed by atoms with Crippen molar-refractivity contribution in [1.82, 2.24) is 34.3 Å². The van der Waals surface area contributed by atoms with E-state index >= 15 is 0 Å². The van der Waals surface area contributed by atoms with Crippen LogP contribution in [0.2, 0.25) is 0 Å². The lowest BCUT2D eigenvalue weighted by atomic mass is 9.77. The van der Waals surface area contributed by atoms with Crippen LogP contribution in [0.1, 0.15) is 85.1 Å². The van der Waals surface area contributed by atoms with Crippen LogP contribution in [0.4, 0.5) is 0 Å². The van der Waals surface area contributed by atoms with Gasteiger partial charge in [-0.15, -0.1) is 5.10 Å². The minimum atomic E-state index is -0.861. The summed E-state index contributed by atoms with van der Waals surface area (Å²) in [6, 6.07) is 49.0. The highest BCUT2D eigenvalue weighted by atomic mass is 16.1. The lowest BCUT2D eigenvalue weighted by Crippen LogP contribution is -2.39. The van der Waals surface area contributed by atoms with Crippen LogP contribution in [0.25, 0.3) is 33.5 Å². The molecule has 0 aliphatic heterocycles. The van der Waals surface area contributed by atoms with Crippen LogP contribution in [-0.2, 0) is 24.9 Å². The summed E-state index contributed by atoms with van der Waals surface area (Å²) in [6.07, 6.45) is 10.8. The molecule has 8 nitrogen and oxygen atoms in total. The third-order valence-corrected chi connectivity index (χ3v) is 12.7. The predicted octanol–water partition coefficient (Wildman–Crippen LogP) is 10.0. The first-order valence-electron chi connectivity index (χ1n) is 20.9. The number of imidazole rings is 1. The van der Waals surface area contributed by atoms with E-state index in [1.54, 1.807) is 0 Å². The molecule has 2 aliphatic rings. The molecule has 8 heteroatoms. The van der Waals surface area contributed by atoms with Crippen molar-refractivity contribution in [3.8, 4) is 22.5 Å². The summed E-state index contributed by atoms with van der Waals surface area (Å²) in [7, 11) is 0. The van der Waals surface area contributed by atoms with E-state index in [4.69, 9.17) is 15.3 Å². The number of fused-ring (bicyclic) bond motifs is 2. The summed E-state index contributed by atoms with van der Waals surface area (Å²) >= 11 is 0. The van der Waals surface area contributed by atoms with Crippen LogP contribution in [0.3, 0.4) is 0 Å². The molecule has 0 unspecified atom stereocenters. The van der Waals surface area contributed by atoms with Gasteiger partial charge in [-0.25, -0.2) is 9.67 Å². The molecule has 288 valence electrons. The second-order valence-electron chi connectivity index (χ2n) is 16.0. The Morgan fingerprint density at radius 1 is 0.707 bits per heavy atom. The van der Waals surface area contributed by atoms with Crippen molar-refractivity contribution in [1.29, 1.82) is 0 Å². The van der Waals surface area contributed by atoms with Crippen molar-refractivity contribution < 1.29 is 0 Å². The van der Waals surface area contributed by atoms with Crippen molar-refractivity contribution in [3.63, 3.8) is 0 Å². The number of hydrogen-bond donors (Lipinski definition) is 0. The zero-order valence-corrected chi connectivity index (χ0v) is 32.9. The fraction of sp³-hybridized carbons (Fsp3) is 0.260. The summed E-state index contributed by atoms with van der Waals surface area (Å²) in [4.78, 5) is 19.3. The van der Waals surface area contributed by atoms with Gasteiger partial charge in [-0.2, -0.15) is 0 Å². The molecule has 1 fully saturated rings. The molecule has 1 atom stereocenters. The molecular weight excluding hydrogens is 715 g/mol. The summed E-state index contributed by atoms with van der Waals surface area (Å²) in [5.74, 6) is 2.21. The minimum Gasteiger partial charge on any atom is -0.316 e. The smallest absolute Gasteiger partial charge is 0.276 e. The van der Waals surface area contributed by atoms with Gasteiger partial charge in [0.1, 0.15) is 16.9 Å². The number of hydrogen-bond acceptors (Lipinski definition) is 5. The van der Waals surface area contributed by atoms with Crippen LogP contribution >= 0.6 is 0 Å². The van der Waals surface area contributed by atoms with Crippen LogP contribution < -0.4 is 5.56 Å². The van der Waals surface area contributed by atoms with Gasteiger partial charge in [-0.3, -0.25) is 4.79 Å². The Kier molecular flexibility index (Phi) is 9.40. The molecular formula is C50H47N7O. The highest BCUT2D eigenvalue weighted by molar-refractivity contribution is 5.82. The van der Waals surface area contributed by atoms with Crippen LogP contribution in [0.5, 0.6) is 0 Å². The van der Waals surface area contributed by atoms with Crippen molar-refractivity contribution in [2.75, 3.05) is 0 Å². The van der Waals surface area contributed by atoms with Crippen molar-refractivity contribution >= 4 is 11.0 Å². The Hall–Kier alpha value is -6.41. The quantitative estimate of drug-likeness (QED) is 0.130. The molecule has 3 heterocycles. The van der Waals surface area contributed by atoms with E-state index in [1.807, 2.05) is 33.6 Å². The molecule has 3 aromatic heterocycles. The van der Waals surface area contributed by atoms with Gasteiger partial charge in [0, 0.05) is 24.7 Å². The Balaban J connectivity index is 1.07. The first-order chi connectivity index (χ1) is 28.6. The fourth-order valence-electron chi connectivity index (χ4n) is 10.0. The number of aryl methyl sites for hydroxylation is 2. The number of benzene rings is 5. The largest absolute Gasteiger partial charge is 0.316 e. The van der Waals surface area contributed by atoms with Gasteiger partial charge in [0.05, 0.1) is 11.6 Å². The van der Waals surface area contributed by atoms with E-state index in [0.717, 1.165) is 76.0 Å². The Bertz CT molecular complexity index is 2670. The summed E-state index contributed by atoms with van der Waals surface area (Å²) in [5, 5.41) is 14.0. The maximum atomic E-state index is 14.3. The number of pyridine rings is 1. The van der Waals surface area contributed by atoms with E-state index in [2.05, 4.69) is 138 Å². The van der Waals surface area contributed by atoms with Gasteiger partial charge in [0.15, 0.2) is 5.82 Å². The van der Waals surface area contributed by atoms with Gasteiger partial charge in [0.2, 0.25) is 0 Å². The molecule has 58 heavy (non-hydrogen) atoms. The predicted molar refractivity (Wildman–Crippen MR) is 230 cm³/mol. The molecule has 5 aromatic carbocycles. The summed E-state index contributed by atoms with van der Waals surface area (Å²) in [6.45, 7) is 2.93. The topological polar surface area (TPSA) is 83.4 Å². The highest BCUT2D eigenvalue weighted by Crippen LogP contribution is 2.45. The van der Waals surface area contributed by atoms with Gasteiger partial charge in [0.25, 0.3) is 5.56 Å². The average Bonchev–Trinajstić information content (AvgIpc) is 4.04. The van der Waals surface area contributed by atoms with E-state index in [-0.39, 0.29) is 11.6 Å². The number of aromatic nitrogens is 7. The molecule has 10 rings (SSSR count). The lowest BCUT2D eigenvalue weighted by molar-refractivity contribution is 0.316. The van der Waals surface area contributed by atoms with Gasteiger partial charge in [-0.1, -0.05) is 160 Å². The monoisotopic (exact) mass is 761 g/mol. The average molecular weight is 762 g/mol. The van der Waals surface area contributed by atoms with E-state index in [9.17, 15) is 4.79 Å². The zero-order chi connectivity index (χ0) is 39.1. The van der Waals surface area contributed by atoms with E-state index in [0.29, 0.717) is 11.7 Å². The second kappa shape index (κ2) is 15.2. The number of nitrogens with zero attached hydrogens (tertiary/aromatic N) is 7. The maximum Gasteiger partial charge on any atom is 0.276 e. The third-order valence-electron chi connectivity index (χ3n) is 12.7. The van der Waals surface area contributed by atoms with E-state index in [1.165, 1.54) is 43.2 Å². The standard InChI is InChI=1S/C50H47N7O/c1-2-46-51-44-31-32-55(34-35-17-7-3-8-18-35)49(58)47(44)56(46)45-30-28-37-33-36(27-29-42(37)45)41-25-15-16-26-43(41)48-52-53-54-57(48)50(38-19-9-4-10-20-38,39-21-11-5-12-22-39)40-23-13-6-14-24-40/h4-6,9-16,19-27,29,31-33,35,45H,2-3,7-8,17-18,28,30,34H2,1H3/t45-/m0/s1. The Morgan fingerprint density at radius 2 is 1.34 bits per heavy atom. The highest BCUT2D eigenvalue weighted by Gasteiger charge is 2.42. The number of rotatable bonds is 10.